The lowest BCUT2D eigenvalue weighted by Gasteiger charge is -2.27. The second kappa shape index (κ2) is 37.5. The van der Waals surface area contributed by atoms with Crippen molar-refractivity contribution in [2.75, 3.05) is 6.61 Å². The molecule has 0 saturated carbocycles. The van der Waals surface area contributed by atoms with Crippen LogP contribution in [0.15, 0.2) is 48.6 Å². The molecular formula is C43H79NO5. The molecule has 0 aromatic rings. The summed E-state index contributed by atoms with van der Waals surface area (Å²) in [6.07, 6.45) is 44.1. The molecule has 286 valence electrons. The van der Waals surface area contributed by atoms with E-state index in [2.05, 4.69) is 67.8 Å². The van der Waals surface area contributed by atoms with E-state index in [4.69, 9.17) is 0 Å². The topological polar surface area (TPSA) is 110 Å². The van der Waals surface area contributed by atoms with Gasteiger partial charge < -0.3 is 25.7 Å². The van der Waals surface area contributed by atoms with Crippen LogP contribution in [-0.2, 0) is 4.79 Å². The summed E-state index contributed by atoms with van der Waals surface area (Å²) < 4.78 is 0. The van der Waals surface area contributed by atoms with Gasteiger partial charge in [0.1, 0.15) is 12.2 Å². The lowest BCUT2D eigenvalue weighted by Crippen LogP contribution is -2.53. The fourth-order valence-corrected chi connectivity index (χ4v) is 5.90. The first-order valence-electron chi connectivity index (χ1n) is 20.5. The molecule has 0 bridgehead atoms. The smallest absolute Gasteiger partial charge is 0.249 e. The zero-order valence-electron chi connectivity index (χ0n) is 31.9. The predicted octanol–water partition coefficient (Wildman–Crippen LogP) is 10.3. The molecule has 0 saturated heterocycles. The fourth-order valence-electron chi connectivity index (χ4n) is 5.90. The number of aliphatic hydroxyl groups is 4. The van der Waals surface area contributed by atoms with Crippen molar-refractivity contribution in [1.82, 2.24) is 5.32 Å². The molecule has 0 aromatic carbocycles. The quantitative estimate of drug-likeness (QED) is 0.0332. The molecular weight excluding hydrogens is 610 g/mol. The zero-order valence-corrected chi connectivity index (χ0v) is 31.9. The third-order valence-corrected chi connectivity index (χ3v) is 9.22. The molecule has 4 unspecified atom stereocenters. The Bertz CT molecular complexity index is 823. The second-order valence-corrected chi connectivity index (χ2v) is 13.9. The summed E-state index contributed by atoms with van der Waals surface area (Å²) in [7, 11) is 0. The minimum Gasteiger partial charge on any atom is -0.394 e. The van der Waals surface area contributed by atoms with Crippen LogP contribution in [0.4, 0.5) is 0 Å². The Kier molecular flexibility index (Phi) is 36.2. The third-order valence-electron chi connectivity index (χ3n) is 9.22. The van der Waals surface area contributed by atoms with Gasteiger partial charge in [-0.25, -0.2) is 0 Å². The molecule has 4 atom stereocenters. The Morgan fingerprint density at radius 2 is 0.857 bits per heavy atom. The molecule has 0 fully saturated rings. The van der Waals surface area contributed by atoms with E-state index in [1.165, 1.54) is 89.9 Å². The minimum absolute atomic E-state index is 0.350. The monoisotopic (exact) mass is 690 g/mol. The summed E-state index contributed by atoms with van der Waals surface area (Å²) in [5.41, 5.74) is 0. The molecule has 0 rings (SSSR count). The molecule has 1 amide bonds. The lowest BCUT2D eigenvalue weighted by molar-refractivity contribution is -0.132. The van der Waals surface area contributed by atoms with Crippen molar-refractivity contribution < 1.29 is 25.2 Å². The first-order valence-corrected chi connectivity index (χ1v) is 20.5. The number of nitrogens with one attached hydrogen (secondary N) is 1. The van der Waals surface area contributed by atoms with Gasteiger partial charge in [-0.3, -0.25) is 4.79 Å². The summed E-state index contributed by atoms with van der Waals surface area (Å²) in [4.78, 5) is 12.5. The number of hydrogen-bond donors (Lipinski definition) is 5. The van der Waals surface area contributed by atoms with Gasteiger partial charge in [-0.1, -0.05) is 146 Å². The number of hydrogen-bond acceptors (Lipinski definition) is 5. The van der Waals surface area contributed by atoms with E-state index < -0.39 is 36.9 Å². The van der Waals surface area contributed by atoms with E-state index in [0.29, 0.717) is 19.3 Å². The summed E-state index contributed by atoms with van der Waals surface area (Å²) in [5.74, 6) is -0.607. The van der Waals surface area contributed by atoms with E-state index in [1.54, 1.807) is 0 Å². The molecule has 6 nitrogen and oxygen atoms in total. The molecule has 49 heavy (non-hydrogen) atoms. The summed E-state index contributed by atoms with van der Waals surface area (Å²) in [5, 5.41) is 43.5. The zero-order chi connectivity index (χ0) is 36.0. The maximum absolute atomic E-state index is 12.5. The van der Waals surface area contributed by atoms with Gasteiger partial charge in [-0.15, -0.1) is 0 Å². The van der Waals surface area contributed by atoms with Crippen molar-refractivity contribution in [3.63, 3.8) is 0 Å². The van der Waals surface area contributed by atoms with Crippen molar-refractivity contribution in [1.29, 1.82) is 0 Å². The maximum atomic E-state index is 12.5. The maximum Gasteiger partial charge on any atom is 0.249 e. The van der Waals surface area contributed by atoms with Gasteiger partial charge in [0, 0.05) is 0 Å². The Labute approximate surface area is 302 Å². The Morgan fingerprint density at radius 3 is 1.31 bits per heavy atom. The molecule has 6 heteroatoms. The molecule has 0 radical (unpaired) electrons. The molecule has 0 aliphatic heterocycles. The Morgan fingerprint density at radius 1 is 0.490 bits per heavy atom. The molecule has 0 heterocycles. The molecule has 0 aromatic heterocycles. The number of carbonyl (C=O) groups excluding carboxylic acids is 1. The average molecular weight is 690 g/mol. The fraction of sp³-hybridized carbons (Fsp3) is 0.791. The van der Waals surface area contributed by atoms with Crippen molar-refractivity contribution in [3.05, 3.63) is 48.6 Å². The van der Waals surface area contributed by atoms with Gasteiger partial charge >= 0.3 is 0 Å². The number of amides is 1. The van der Waals surface area contributed by atoms with Crippen molar-refractivity contribution in [2.24, 2.45) is 0 Å². The second-order valence-electron chi connectivity index (χ2n) is 13.9. The number of unbranched alkanes of at least 4 members (excludes halogenated alkanes) is 19. The first-order chi connectivity index (χ1) is 24.0. The van der Waals surface area contributed by atoms with Gasteiger partial charge in [0.15, 0.2) is 0 Å². The SMILES string of the molecule is CCCCCC/C=C/CC/C=C/CC/C=C/CCCC(O)C(O)C(CO)NC(=O)C(O)CCCCCCCC/C=C\CCCCCCCC. The van der Waals surface area contributed by atoms with Crippen molar-refractivity contribution in [3.8, 4) is 0 Å². The van der Waals surface area contributed by atoms with Crippen LogP contribution < -0.4 is 5.32 Å². The van der Waals surface area contributed by atoms with Crippen molar-refractivity contribution >= 4 is 5.91 Å². The average Bonchev–Trinajstić information content (AvgIpc) is 3.11. The minimum atomic E-state index is -1.29. The number of allylic oxidation sites excluding steroid dienone is 8. The van der Waals surface area contributed by atoms with E-state index in [1.807, 2.05) is 0 Å². The number of aliphatic hydroxyl groups excluding tert-OH is 4. The van der Waals surface area contributed by atoms with E-state index in [9.17, 15) is 25.2 Å². The van der Waals surface area contributed by atoms with Gasteiger partial charge in [0.2, 0.25) is 5.91 Å². The third kappa shape index (κ3) is 32.0. The first kappa shape index (κ1) is 47.3. The highest BCUT2D eigenvalue weighted by Crippen LogP contribution is 2.13. The van der Waals surface area contributed by atoms with Crippen LogP contribution in [0.3, 0.4) is 0 Å². The molecule has 0 aliphatic rings. The van der Waals surface area contributed by atoms with Crippen LogP contribution in [0.5, 0.6) is 0 Å². The van der Waals surface area contributed by atoms with Crippen LogP contribution in [0, 0.1) is 0 Å². The summed E-state index contributed by atoms with van der Waals surface area (Å²) in [6.45, 7) is 3.99. The van der Waals surface area contributed by atoms with Crippen LogP contribution >= 0.6 is 0 Å². The van der Waals surface area contributed by atoms with Crippen LogP contribution in [0.1, 0.15) is 187 Å². The highest BCUT2D eigenvalue weighted by Gasteiger charge is 2.28. The number of carbonyl (C=O) groups is 1. The Hall–Kier alpha value is -1.73. The van der Waals surface area contributed by atoms with Crippen LogP contribution in [0.2, 0.25) is 0 Å². The normalized spacial score (nSPS) is 14.8. The van der Waals surface area contributed by atoms with Crippen LogP contribution in [-0.4, -0.2) is 57.3 Å². The largest absolute Gasteiger partial charge is 0.394 e. The van der Waals surface area contributed by atoms with Crippen LogP contribution in [0.25, 0.3) is 0 Å². The van der Waals surface area contributed by atoms with Gasteiger partial charge in [-0.2, -0.15) is 0 Å². The standard InChI is InChI=1S/C43H79NO5/c1-3-5-7-9-11-13-15-17-19-21-23-24-26-28-30-32-34-36-40(46)42(48)39(38-45)44-43(49)41(47)37-35-33-31-29-27-25-22-20-18-16-14-12-10-8-6-4-2/h13,15,18,20-21,23,28,30,39-42,45-48H,3-12,14,16-17,19,22,24-27,29,31-38H2,1-2H3,(H,44,49)/b15-13+,20-18-,23-21+,30-28+. The van der Waals surface area contributed by atoms with E-state index in [0.717, 1.165) is 64.2 Å². The molecule has 5 N–H and O–H groups in total. The molecule has 0 spiro atoms. The predicted molar refractivity (Wildman–Crippen MR) is 210 cm³/mol. The molecule has 0 aliphatic carbocycles. The lowest BCUT2D eigenvalue weighted by atomic mass is 10.00. The van der Waals surface area contributed by atoms with Gasteiger partial charge in [-0.05, 0) is 89.9 Å². The summed E-state index contributed by atoms with van der Waals surface area (Å²) in [6, 6.07) is -1.01. The highest BCUT2D eigenvalue weighted by atomic mass is 16.3. The van der Waals surface area contributed by atoms with Crippen molar-refractivity contribution in [2.45, 2.75) is 212 Å². The van der Waals surface area contributed by atoms with Gasteiger partial charge in [0.25, 0.3) is 0 Å². The van der Waals surface area contributed by atoms with E-state index in [-0.39, 0.29) is 0 Å². The number of rotatable bonds is 36. The Balaban J connectivity index is 3.89. The highest BCUT2D eigenvalue weighted by molar-refractivity contribution is 5.80. The van der Waals surface area contributed by atoms with Gasteiger partial charge in [0.05, 0.1) is 18.8 Å². The summed E-state index contributed by atoms with van der Waals surface area (Å²) >= 11 is 0. The van der Waals surface area contributed by atoms with E-state index >= 15 is 0 Å².